The average molecular weight is 959 g/mol. The van der Waals surface area contributed by atoms with Gasteiger partial charge in [0.1, 0.15) is 13.2 Å². The first-order valence-electron chi connectivity index (χ1n) is 29.4. The highest BCUT2D eigenvalue weighted by Gasteiger charge is 2.28. The lowest BCUT2D eigenvalue weighted by Gasteiger charge is -2.26. The SMILES string of the molecule is CCCCCCCCCCCCCCCCCCCCCCCCCC(=O)NC(COP(=O)(O)OCC[N+](C)(C)C)C(O)CCCCCCCCCCCCCCCCCCCCCCC. The van der Waals surface area contributed by atoms with Gasteiger partial charge in [0, 0.05) is 6.42 Å². The van der Waals surface area contributed by atoms with Crippen molar-refractivity contribution in [2.45, 2.75) is 321 Å². The molecule has 0 heterocycles. The van der Waals surface area contributed by atoms with Crippen molar-refractivity contribution in [1.29, 1.82) is 0 Å². The standard InChI is InChI=1S/C57H117N2O6P/c1-6-8-10-12-14-16-18-20-22-24-26-28-29-31-33-35-37-39-41-43-45-47-49-51-57(61)58-55(54-65-66(62,63)64-53-52-59(3,4)5)56(60)50-48-46-44-42-40-38-36-34-32-30-27-25-23-21-19-17-15-13-11-9-7-2/h55-56,60H,6-54H2,1-5H3,(H-,58,61,62,63)/p+1. The van der Waals surface area contributed by atoms with Crippen molar-refractivity contribution in [1.82, 2.24) is 5.32 Å². The van der Waals surface area contributed by atoms with E-state index in [1.165, 1.54) is 244 Å². The van der Waals surface area contributed by atoms with Crippen LogP contribution in [0, 0.1) is 0 Å². The van der Waals surface area contributed by atoms with E-state index >= 15 is 0 Å². The Bertz CT molecular complexity index is 1040. The Kier molecular flexibility index (Phi) is 49.1. The van der Waals surface area contributed by atoms with Gasteiger partial charge >= 0.3 is 7.82 Å². The van der Waals surface area contributed by atoms with Gasteiger partial charge in [-0.3, -0.25) is 13.8 Å². The predicted molar refractivity (Wildman–Crippen MR) is 286 cm³/mol. The first kappa shape index (κ1) is 65.5. The second kappa shape index (κ2) is 49.5. The zero-order chi connectivity index (χ0) is 48.5. The van der Waals surface area contributed by atoms with Gasteiger partial charge in [-0.2, -0.15) is 0 Å². The smallest absolute Gasteiger partial charge is 0.391 e. The van der Waals surface area contributed by atoms with Gasteiger partial charge in [-0.1, -0.05) is 290 Å². The van der Waals surface area contributed by atoms with Crippen molar-refractivity contribution >= 4 is 13.7 Å². The molecule has 0 spiro atoms. The van der Waals surface area contributed by atoms with Crippen molar-refractivity contribution in [3.05, 3.63) is 0 Å². The fourth-order valence-electron chi connectivity index (χ4n) is 9.23. The van der Waals surface area contributed by atoms with Crippen LogP contribution >= 0.6 is 7.82 Å². The molecule has 0 aromatic heterocycles. The highest BCUT2D eigenvalue weighted by molar-refractivity contribution is 7.47. The van der Waals surface area contributed by atoms with Crippen molar-refractivity contribution in [2.75, 3.05) is 40.9 Å². The molecule has 396 valence electrons. The number of phosphoric ester groups is 1. The molecule has 66 heavy (non-hydrogen) atoms. The number of aliphatic hydroxyl groups is 1. The molecule has 1 amide bonds. The molecule has 9 heteroatoms. The number of nitrogens with zero attached hydrogens (tertiary/aromatic N) is 1. The Hall–Kier alpha value is -0.500. The summed E-state index contributed by atoms with van der Waals surface area (Å²) in [5.41, 5.74) is 0. The van der Waals surface area contributed by atoms with Crippen LogP contribution in [-0.2, 0) is 18.4 Å². The van der Waals surface area contributed by atoms with Crippen LogP contribution in [0.2, 0.25) is 0 Å². The van der Waals surface area contributed by atoms with Crippen molar-refractivity contribution < 1.29 is 32.9 Å². The molecule has 3 N–H and O–H groups in total. The Labute approximate surface area is 412 Å². The van der Waals surface area contributed by atoms with E-state index in [9.17, 15) is 19.4 Å². The highest BCUT2D eigenvalue weighted by Crippen LogP contribution is 2.43. The van der Waals surface area contributed by atoms with Crippen LogP contribution in [0.4, 0.5) is 0 Å². The summed E-state index contributed by atoms with van der Waals surface area (Å²) in [6, 6.07) is -0.755. The predicted octanol–water partition coefficient (Wildman–Crippen LogP) is 17.7. The minimum atomic E-state index is -4.32. The number of likely N-dealkylation sites (N-methyl/N-ethyl adjacent to an activating group) is 1. The summed E-state index contributed by atoms with van der Waals surface area (Å²) in [7, 11) is 1.64. The van der Waals surface area contributed by atoms with E-state index in [0.29, 0.717) is 23.9 Å². The first-order chi connectivity index (χ1) is 32.0. The van der Waals surface area contributed by atoms with Gasteiger partial charge in [-0.15, -0.1) is 0 Å². The third-order valence-electron chi connectivity index (χ3n) is 13.9. The number of carbonyl (C=O) groups excluding carboxylic acids is 1. The summed E-state index contributed by atoms with van der Waals surface area (Å²) in [5.74, 6) is -0.135. The Morgan fingerprint density at radius 2 is 0.727 bits per heavy atom. The minimum absolute atomic E-state index is 0.0792. The molecule has 0 radical (unpaired) electrons. The molecule has 0 rings (SSSR count). The molecule has 0 bridgehead atoms. The average Bonchev–Trinajstić information content (AvgIpc) is 3.28. The maximum absolute atomic E-state index is 13.0. The molecule has 0 aromatic rings. The zero-order valence-electron chi connectivity index (χ0n) is 45.2. The van der Waals surface area contributed by atoms with Gasteiger partial charge in [-0.25, -0.2) is 4.57 Å². The van der Waals surface area contributed by atoms with Crippen LogP contribution in [-0.4, -0.2) is 73.4 Å². The molecule has 0 saturated carbocycles. The van der Waals surface area contributed by atoms with E-state index in [0.717, 1.165) is 38.5 Å². The van der Waals surface area contributed by atoms with E-state index < -0.39 is 20.0 Å². The summed E-state index contributed by atoms with van der Waals surface area (Å²) < 4.78 is 23.8. The highest BCUT2D eigenvalue weighted by atomic mass is 31.2. The quantitative estimate of drug-likeness (QED) is 0.0319. The van der Waals surface area contributed by atoms with Gasteiger partial charge in [0.2, 0.25) is 5.91 Å². The van der Waals surface area contributed by atoms with Crippen LogP contribution in [0.25, 0.3) is 0 Å². The van der Waals surface area contributed by atoms with Crippen LogP contribution in [0.5, 0.6) is 0 Å². The van der Waals surface area contributed by atoms with E-state index in [2.05, 4.69) is 19.2 Å². The summed E-state index contributed by atoms with van der Waals surface area (Å²) in [6.07, 6.45) is 58.7. The molecule has 3 unspecified atom stereocenters. The molecule has 8 nitrogen and oxygen atoms in total. The lowest BCUT2D eigenvalue weighted by atomic mass is 10.0. The molecular formula is C57H118N2O6P+. The van der Waals surface area contributed by atoms with Gasteiger partial charge < -0.3 is 19.8 Å². The van der Waals surface area contributed by atoms with Crippen molar-refractivity contribution in [2.24, 2.45) is 0 Å². The largest absolute Gasteiger partial charge is 0.472 e. The number of nitrogens with one attached hydrogen (secondary N) is 1. The molecule has 0 aliphatic rings. The lowest BCUT2D eigenvalue weighted by molar-refractivity contribution is -0.870. The number of aliphatic hydroxyl groups excluding tert-OH is 1. The number of amides is 1. The molecule has 0 aliphatic heterocycles. The molecule has 0 aliphatic carbocycles. The van der Waals surface area contributed by atoms with Crippen LogP contribution in [0.1, 0.15) is 309 Å². The van der Waals surface area contributed by atoms with Crippen molar-refractivity contribution in [3.8, 4) is 0 Å². The number of phosphoric acid groups is 1. The number of hydrogen-bond donors (Lipinski definition) is 3. The normalized spacial score (nSPS) is 13.9. The van der Waals surface area contributed by atoms with Gasteiger partial charge in [-0.05, 0) is 12.8 Å². The summed E-state index contributed by atoms with van der Waals surface area (Å²) in [4.78, 5) is 23.3. The van der Waals surface area contributed by atoms with E-state index in [1.54, 1.807) is 0 Å². The number of rotatable bonds is 55. The fraction of sp³-hybridized carbons (Fsp3) is 0.982. The molecular weight excluding hydrogens is 840 g/mol. The maximum Gasteiger partial charge on any atom is 0.472 e. The molecule has 0 aromatic carbocycles. The fourth-order valence-corrected chi connectivity index (χ4v) is 9.96. The first-order valence-corrected chi connectivity index (χ1v) is 30.9. The topological polar surface area (TPSA) is 105 Å². The second-order valence-corrected chi connectivity index (χ2v) is 23.2. The zero-order valence-corrected chi connectivity index (χ0v) is 46.1. The van der Waals surface area contributed by atoms with Crippen LogP contribution in [0.3, 0.4) is 0 Å². The van der Waals surface area contributed by atoms with Gasteiger partial charge in [0.05, 0.1) is 39.9 Å². The number of carbonyl (C=O) groups is 1. The summed E-state index contributed by atoms with van der Waals surface area (Å²) >= 11 is 0. The Morgan fingerprint density at radius 3 is 1.02 bits per heavy atom. The third-order valence-corrected chi connectivity index (χ3v) is 14.8. The number of hydrogen-bond acceptors (Lipinski definition) is 5. The minimum Gasteiger partial charge on any atom is -0.391 e. The van der Waals surface area contributed by atoms with E-state index in [1.807, 2.05) is 21.1 Å². The third kappa shape index (κ3) is 51.4. The van der Waals surface area contributed by atoms with Crippen LogP contribution < -0.4 is 5.32 Å². The summed E-state index contributed by atoms with van der Waals surface area (Å²) in [5, 5.41) is 14.1. The molecule has 3 atom stereocenters. The monoisotopic (exact) mass is 958 g/mol. The Balaban J connectivity index is 4.12. The van der Waals surface area contributed by atoms with Gasteiger partial charge in [0.25, 0.3) is 0 Å². The molecule has 0 saturated heterocycles. The Morgan fingerprint density at radius 1 is 0.455 bits per heavy atom. The lowest BCUT2D eigenvalue weighted by Crippen LogP contribution is -2.46. The maximum atomic E-state index is 13.0. The van der Waals surface area contributed by atoms with Crippen molar-refractivity contribution in [3.63, 3.8) is 0 Å². The number of unbranched alkanes of at least 4 members (excludes halogenated alkanes) is 42. The summed E-state index contributed by atoms with van der Waals surface area (Å²) in [6.45, 7) is 4.95. The number of quaternary nitrogens is 1. The van der Waals surface area contributed by atoms with E-state index in [-0.39, 0.29) is 19.1 Å². The second-order valence-electron chi connectivity index (χ2n) is 21.7. The van der Waals surface area contributed by atoms with Gasteiger partial charge in [0.15, 0.2) is 0 Å². The van der Waals surface area contributed by atoms with E-state index in [4.69, 9.17) is 9.05 Å². The molecule has 0 fully saturated rings. The van der Waals surface area contributed by atoms with Crippen LogP contribution in [0.15, 0.2) is 0 Å².